The van der Waals surface area contributed by atoms with Crippen LogP contribution in [0.3, 0.4) is 0 Å². The molecule has 0 aliphatic rings. The van der Waals surface area contributed by atoms with Gasteiger partial charge in [0.15, 0.2) is 0 Å². The lowest BCUT2D eigenvalue weighted by atomic mass is 10.1. The molecule has 0 rings (SSSR count). The summed E-state index contributed by atoms with van der Waals surface area (Å²) in [5.41, 5.74) is 0. The average molecular weight is 378 g/mol. The van der Waals surface area contributed by atoms with Crippen molar-refractivity contribution in [3.63, 3.8) is 0 Å². The van der Waals surface area contributed by atoms with E-state index in [4.69, 9.17) is 4.74 Å². The highest BCUT2D eigenvalue weighted by atomic mass is 33.1. The molecule has 0 fully saturated rings. The van der Waals surface area contributed by atoms with Gasteiger partial charge in [-0.05, 0) is 6.42 Å². The molecule has 1 atom stereocenters. The second-order valence-corrected chi connectivity index (χ2v) is 8.94. The van der Waals surface area contributed by atoms with Crippen LogP contribution in [0.15, 0.2) is 12.2 Å². The van der Waals surface area contributed by atoms with Crippen molar-refractivity contribution in [3.05, 3.63) is 12.2 Å². The van der Waals surface area contributed by atoms with Crippen molar-refractivity contribution in [2.24, 2.45) is 5.92 Å². The van der Waals surface area contributed by atoms with Gasteiger partial charge in [0.25, 0.3) is 0 Å². The lowest BCUT2D eigenvalue weighted by Crippen LogP contribution is -2.17. The van der Waals surface area contributed by atoms with Gasteiger partial charge in [0.2, 0.25) is 6.43 Å². The highest BCUT2D eigenvalue weighted by Gasteiger charge is 2.17. The minimum absolute atomic E-state index is 0.191. The molecule has 0 bridgehead atoms. The summed E-state index contributed by atoms with van der Waals surface area (Å²) in [6.45, 7) is 5.66. The van der Waals surface area contributed by atoms with E-state index in [1.807, 2.05) is 13.8 Å². The van der Waals surface area contributed by atoms with E-state index < -0.39 is 18.4 Å². The fourth-order valence-corrected chi connectivity index (χ4v) is 4.91. The minimum Gasteiger partial charge on any atom is -0.448 e. The number of carbonyl (C=O) groups is 1. The molecule has 0 aromatic carbocycles. The fourth-order valence-electron chi connectivity index (χ4n) is 0.936. The van der Waals surface area contributed by atoms with Crippen LogP contribution in [0.25, 0.3) is 0 Å². The van der Waals surface area contributed by atoms with E-state index in [2.05, 4.69) is 0 Å². The Morgan fingerprint density at radius 2 is 1.81 bits per heavy atom. The Labute approximate surface area is 141 Å². The number of rotatable bonds is 11. The Morgan fingerprint density at radius 1 is 1.24 bits per heavy atom. The van der Waals surface area contributed by atoms with Crippen molar-refractivity contribution in [2.75, 3.05) is 18.1 Å². The van der Waals surface area contributed by atoms with Crippen LogP contribution >= 0.6 is 43.5 Å². The summed E-state index contributed by atoms with van der Waals surface area (Å²) in [4.78, 5) is 11.9. The van der Waals surface area contributed by atoms with Crippen LogP contribution in [0.4, 0.5) is 13.6 Å². The van der Waals surface area contributed by atoms with Crippen molar-refractivity contribution >= 4 is 49.6 Å². The van der Waals surface area contributed by atoms with Crippen LogP contribution in [0.5, 0.6) is 0 Å². The van der Waals surface area contributed by atoms with Gasteiger partial charge in [-0.25, -0.2) is 13.6 Å². The summed E-state index contributed by atoms with van der Waals surface area (Å²) < 4.78 is 31.1. The molecule has 0 aromatic rings. The molecule has 0 aliphatic carbocycles. The molecule has 0 N–H and O–H groups in total. The highest BCUT2D eigenvalue weighted by molar-refractivity contribution is 8.83. The second-order valence-electron chi connectivity index (χ2n) is 3.74. The van der Waals surface area contributed by atoms with E-state index in [1.54, 1.807) is 27.7 Å². The Kier molecular flexibility index (Phi) is 14.1. The van der Waals surface area contributed by atoms with Crippen LogP contribution in [-0.4, -0.2) is 34.3 Å². The lowest BCUT2D eigenvalue weighted by molar-refractivity contribution is 0.108. The summed E-state index contributed by atoms with van der Waals surface area (Å²) in [6, 6.07) is 0. The molecule has 1 amide bonds. The Balaban J connectivity index is 4.01. The van der Waals surface area contributed by atoms with Crippen LogP contribution in [0.2, 0.25) is 0 Å². The third-order valence-corrected chi connectivity index (χ3v) is 7.18. The average Bonchev–Trinajstić information content (AvgIpc) is 2.46. The molecule has 21 heavy (non-hydrogen) atoms. The van der Waals surface area contributed by atoms with Gasteiger partial charge in [-0.1, -0.05) is 54.5 Å². The van der Waals surface area contributed by atoms with E-state index in [1.165, 1.54) is 38.7 Å². The van der Waals surface area contributed by atoms with Gasteiger partial charge < -0.3 is 4.74 Å². The van der Waals surface area contributed by atoms with Gasteiger partial charge in [0.05, 0.1) is 6.61 Å². The van der Waals surface area contributed by atoms with Gasteiger partial charge in [0.1, 0.15) is 0 Å². The number of hydrogen-bond acceptors (Lipinski definition) is 6. The van der Waals surface area contributed by atoms with E-state index in [0.29, 0.717) is 6.42 Å². The molecule has 9 heteroatoms. The maximum Gasteiger partial charge on any atom is 0.431 e. The van der Waals surface area contributed by atoms with Gasteiger partial charge in [-0.3, -0.25) is 0 Å². The molecule has 0 spiro atoms. The maximum absolute atomic E-state index is 12.3. The number of hydrogen-bond donors (Lipinski definition) is 0. The molecule has 0 heterocycles. The van der Waals surface area contributed by atoms with Crippen molar-refractivity contribution in [2.45, 2.75) is 33.6 Å². The fraction of sp³-hybridized carbons (Fsp3) is 0.750. The molecule has 0 aliphatic heterocycles. The Bertz CT molecular complexity index is 301. The molecular formula is C12H21F2NO2S4. The number of amides is 1. The monoisotopic (exact) mass is 377 g/mol. The molecule has 124 valence electrons. The van der Waals surface area contributed by atoms with E-state index in [9.17, 15) is 13.6 Å². The number of alkyl halides is 2. The zero-order valence-electron chi connectivity index (χ0n) is 12.3. The van der Waals surface area contributed by atoms with Crippen molar-refractivity contribution in [1.29, 1.82) is 0 Å². The summed E-state index contributed by atoms with van der Waals surface area (Å²) in [6.07, 6.45) is 0.732. The summed E-state index contributed by atoms with van der Waals surface area (Å²) in [5.74, 6) is 1.00. The standard InChI is InChI=1S/C12H21F2NO2S4/c1-4-18-20-15(21-19-5-2)12(16)17-9-7-6-8-10(3)11(13)14/h6,8,10-11H,4-5,7,9H2,1-3H3/b8-6+. The SMILES string of the molecule is CCSSN(SSCC)C(=O)OCC/C=C/C(C)C(F)F. The largest absolute Gasteiger partial charge is 0.448 e. The maximum atomic E-state index is 12.3. The quantitative estimate of drug-likeness (QED) is 0.193. The molecule has 1 unspecified atom stereocenters. The molecule has 0 aromatic heterocycles. The number of nitrogens with zero attached hydrogens (tertiary/aromatic N) is 1. The van der Waals surface area contributed by atoms with Crippen LogP contribution in [0.1, 0.15) is 27.2 Å². The first-order valence-electron chi connectivity index (χ1n) is 6.53. The number of carbonyl (C=O) groups excluding carboxylic acids is 1. The van der Waals surface area contributed by atoms with Crippen molar-refractivity contribution < 1.29 is 18.3 Å². The highest BCUT2D eigenvalue weighted by Crippen LogP contribution is 2.38. The first-order valence-corrected chi connectivity index (χ1v) is 11.1. The predicted molar refractivity (Wildman–Crippen MR) is 93.6 cm³/mol. The normalized spacial score (nSPS) is 12.9. The Morgan fingerprint density at radius 3 is 2.29 bits per heavy atom. The number of allylic oxidation sites excluding steroid dienone is 1. The molecule has 0 saturated carbocycles. The van der Waals surface area contributed by atoms with E-state index in [0.717, 1.165) is 11.5 Å². The Hall–Kier alpha value is 0.270. The van der Waals surface area contributed by atoms with Gasteiger partial charge in [0, 0.05) is 39.4 Å². The van der Waals surface area contributed by atoms with E-state index >= 15 is 0 Å². The van der Waals surface area contributed by atoms with Crippen molar-refractivity contribution in [3.8, 4) is 0 Å². The molecule has 3 nitrogen and oxygen atoms in total. The third kappa shape index (κ3) is 11.5. The van der Waals surface area contributed by atoms with Gasteiger partial charge in [-0.15, -0.1) is 0 Å². The molecule has 0 radical (unpaired) electrons. The number of halogens is 2. The zero-order chi connectivity index (χ0) is 16.1. The molecule has 0 saturated heterocycles. The zero-order valence-corrected chi connectivity index (χ0v) is 15.6. The lowest BCUT2D eigenvalue weighted by Gasteiger charge is -2.17. The van der Waals surface area contributed by atoms with Crippen LogP contribution in [0, 0.1) is 5.92 Å². The first kappa shape index (κ1) is 21.3. The first-order chi connectivity index (χ1) is 10.0. The minimum atomic E-state index is -2.36. The summed E-state index contributed by atoms with van der Waals surface area (Å²) >= 11 is 0. The summed E-state index contributed by atoms with van der Waals surface area (Å²) in [7, 11) is 5.80. The van der Waals surface area contributed by atoms with Crippen LogP contribution < -0.4 is 0 Å². The van der Waals surface area contributed by atoms with Crippen LogP contribution in [-0.2, 0) is 4.74 Å². The third-order valence-electron chi connectivity index (χ3n) is 1.97. The topological polar surface area (TPSA) is 29.5 Å². The predicted octanol–water partition coefficient (Wildman–Crippen LogP) is 5.91. The van der Waals surface area contributed by atoms with Gasteiger partial charge in [-0.2, -0.15) is 3.71 Å². The van der Waals surface area contributed by atoms with E-state index in [-0.39, 0.29) is 6.61 Å². The van der Waals surface area contributed by atoms with Gasteiger partial charge >= 0.3 is 6.09 Å². The second kappa shape index (κ2) is 13.9. The molecular weight excluding hydrogens is 356 g/mol. The smallest absolute Gasteiger partial charge is 0.431 e. The number of ether oxygens (including phenoxy) is 1. The van der Waals surface area contributed by atoms with Crippen molar-refractivity contribution in [1.82, 2.24) is 3.71 Å². The summed E-state index contributed by atoms with van der Waals surface area (Å²) in [5, 5.41) is 0.